The van der Waals surface area contributed by atoms with Crippen LogP contribution in [0.15, 0.2) is 24.4 Å². The fraction of sp³-hybridized carbons (Fsp3) is 0.500. The molecule has 14 heavy (non-hydrogen) atoms. The van der Waals surface area contributed by atoms with Crippen LogP contribution in [-0.2, 0) is 16.1 Å². The largest absolute Gasteiger partial charge is 0.618 e. The van der Waals surface area contributed by atoms with E-state index in [0.29, 0.717) is 18.9 Å². The molecule has 1 aromatic rings. The van der Waals surface area contributed by atoms with Crippen molar-refractivity contribution in [2.24, 2.45) is 0 Å². The van der Waals surface area contributed by atoms with Gasteiger partial charge in [-0.2, -0.15) is 4.73 Å². The van der Waals surface area contributed by atoms with Gasteiger partial charge in [0.05, 0.1) is 12.7 Å². The van der Waals surface area contributed by atoms with Crippen molar-refractivity contribution in [3.8, 4) is 0 Å². The first-order valence-corrected chi connectivity index (χ1v) is 4.72. The summed E-state index contributed by atoms with van der Waals surface area (Å²) in [5.41, 5.74) is 0.638. The number of rotatable bonds is 3. The zero-order valence-corrected chi connectivity index (χ0v) is 7.89. The van der Waals surface area contributed by atoms with Gasteiger partial charge in [0.15, 0.2) is 6.20 Å². The third-order valence-corrected chi connectivity index (χ3v) is 2.26. The van der Waals surface area contributed by atoms with E-state index < -0.39 is 0 Å². The zero-order chi connectivity index (χ0) is 9.80. The lowest BCUT2D eigenvalue weighted by Crippen LogP contribution is -2.32. The van der Waals surface area contributed by atoms with Crippen molar-refractivity contribution in [1.29, 1.82) is 0 Å². The Morgan fingerprint density at radius 2 is 2.50 bits per heavy atom. The van der Waals surface area contributed by atoms with E-state index in [1.54, 1.807) is 12.1 Å². The predicted molar refractivity (Wildman–Crippen MR) is 49.4 cm³/mol. The van der Waals surface area contributed by atoms with Crippen LogP contribution in [0.5, 0.6) is 0 Å². The fourth-order valence-corrected chi connectivity index (χ4v) is 1.42. The summed E-state index contributed by atoms with van der Waals surface area (Å²) in [6, 6.07) is 5.30. The molecule has 4 heteroatoms. The van der Waals surface area contributed by atoms with E-state index in [1.807, 2.05) is 6.07 Å². The first-order chi connectivity index (χ1) is 6.86. The first kappa shape index (κ1) is 9.43. The second kappa shape index (κ2) is 4.39. The number of aromatic nitrogens is 1. The van der Waals surface area contributed by atoms with Crippen LogP contribution in [0.25, 0.3) is 0 Å². The molecule has 2 heterocycles. The van der Waals surface area contributed by atoms with Gasteiger partial charge in [-0.05, 0) is 12.5 Å². The zero-order valence-electron chi connectivity index (χ0n) is 7.89. The van der Waals surface area contributed by atoms with Crippen molar-refractivity contribution in [2.75, 3.05) is 13.2 Å². The van der Waals surface area contributed by atoms with Crippen LogP contribution >= 0.6 is 0 Å². The van der Waals surface area contributed by atoms with Gasteiger partial charge in [0, 0.05) is 18.7 Å². The van der Waals surface area contributed by atoms with Crippen LogP contribution in [0.4, 0.5) is 0 Å². The molecule has 76 valence electrons. The average molecular weight is 195 g/mol. The highest BCUT2D eigenvalue weighted by Gasteiger charge is 2.17. The quantitative estimate of drug-likeness (QED) is 0.525. The van der Waals surface area contributed by atoms with Gasteiger partial charge in [-0.1, -0.05) is 0 Å². The first-order valence-electron chi connectivity index (χ1n) is 4.72. The number of nitrogens with zero attached hydrogens (tertiary/aromatic N) is 1. The Bertz CT molecular complexity index is 297. The van der Waals surface area contributed by atoms with Gasteiger partial charge in [-0.15, -0.1) is 0 Å². The molecule has 0 unspecified atom stereocenters. The highest BCUT2D eigenvalue weighted by Crippen LogP contribution is 2.09. The van der Waals surface area contributed by atoms with E-state index in [0.717, 1.165) is 17.8 Å². The van der Waals surface area contributed by atoms with E-state index in [4.69, 9.17) is 9.47 Å². The molecule has 1 saturated heterocycles. The van der Waals surface area contributed by atoms with Gasteiger partial charge >= 0.3 is 0 Å². The van der Waals surface area contributed by atoms with Gasteiger partial charge in [0.1, 0.15) is 6.61 Å². The molecule has 0 bridgehead atoms. The molecule has 0 saturated carbocycles. The summed E-state index contributed by atoms with van der Waals surface area (Å²) < 4.78 is 11.5. The number of hydrogen-bond acceptors (Lipinski definition) is 3. The Morgan fingerprint density at radius 3 is 3.21 bits per heavy atom. The Balaban J connectivity index is 1.88. The summed E-state index contributed by atoms with van der Waals surface area (Å²) in [6.07, 6.45) is 2.55. The molecule has 0 aromatic carbocycles. The van der Waals surface area contributed by atoms with Crippen LogP contribution in [0.2, 0.25) is 0 Å². The summed E-state index contributed by atoms with van der Waals surface area (Å²) in [4.78, 5) is 0. The number of pyridine rings is 1. The third kappa shape index (κ3) is 2.21. The minimum Gasteiger partial charge on any atom is -0.618 e. The maximum atomic E-state index is 11.2. The molecule has 1 aliphatic rings. The van der Waals surface area contributed by atoms with Crippen LogP contribution in [0, 0.1) is 5.21 Å². The molecular weight excluding hydrogens is 182 g/mol. The average Bonchev–Trinajstić information content (AvgIpc) is 2.69. The monoisotopic (exact) mass is 195 g/mol. The number of hydrogen-bond donors (Lipinski definition) is 0. The van der Waals surface area contributed by atoms with Gasteiger partial charge in [-0.25, -0.2) is 0 Å². The van der Waals surface area contributed by atoms with Gasteiger partial charge in [-0.3, -0.25) is 0 Å². The fourth-order valence-electron chi connectivity index (χ4n) is 1.42. The van der Waals surface area contributed by atoms with Crippen molar-refractivity contribution in [2.45, 2.75) is 19.1 Å². The van der Waals surface area contributed by atoms with Crippen LogP contribution in [0.3, 0.4) is 0 Å². The molecule has 0 amide bonds. The molecule has 1 aliphatic heterocycles. The molecule has 1 fully saturated rings. The molecule has 1 atom stereocenters. The molecule has 0 spiro atoms. The van der Waals surface area contributed by atoms with Gasteiger partial charge in [0.25, 0.3) is 0 Å². The summed E-state index contributed by atoms with van der Waals surface area (Å²) in [5, 5.41) is 11.2. The summed E-state index contributed by atoms with van der Waals surface area (Å²) >= 11 is 0. The molecule has 0 N–H and O–H groups in total. The third-order valence-electron chi connectivity index (χ3n) is 2.26. The Hall–Kier alpha value is -1.13. The molecule has 2 rings (SSSR count). The van der Waals surface area contributed by atoms with Crippen molar-refractivity contribution in [3.63, 3.8) is 0 Å². The standard InChI is InChI=1S/C10H13NO3/c12-11-5-2-1-3-9(11)7-14-10-4-6-13-8-10/h1-3,5,10H,4,6-8H2/t10-/m0/s1. The maximum Gasteiger partial charge on any atom is 0.218 e. The predicted octanol–water partition coefficient (Wildman–Crippen LogP) is 0.626. The highest BCUT2D eigenvalue weighted by atomic mass is 16.5. The van der Waals surface area contributed by atoms with Crippen molar-refractivity contribution >= 4 is 0 Å². The van der Waals surface area contributed by atoms with E-state index in [-0.39, 0.29) is 6.10 Å². The molecular formula is C10H13NO3. The minimum absolute atomic E-state index is 0.148. The molecule has 0 aliphatic carbocycles. The second-order valence-electron chi connectivity index (χ2n) is 3.31. The topological polar surface area (TPSA) is 45.4 Å². The number of ether oxygens (including phenoxy) is 2. The summed E-state index contributed by atoms with van der Waals surface area (Å²) in [6.45, 7) is 1.76. The molecule has 4 nitrogen and oxygen atoms in total. The van der Waals surface area contributed by atoms with E-state index >= 15 is 0 Å². The van der Waals surface area contributed by atoms with E-state index in [2.05, 4.69) is 0 Å². The smallest absolute Gasteiger partial charge is 0.218 e. The second-order valence-corrected chi connectivity index (χ2v) is 3.31. The van der Waals surface area contributed by atoms with Crippen LogP contribution < -0.4 is 4.73 Å². The van der Waals surface area contributed by atoms with E-state index in [1.165, 1.54) is 6.20 Å². The van der Waals surface area contributed by atoms with Crippen LogP contribution in [0.1, 0.15) is 12.1 Å². The molecule has 1 aromatic heterocycles. The van der Waals surface area contributed by atoms with Crippen molar-refractivity contribution in [1.82, 2.24) is 0 Å². The summed E-state index contributed by atoms with van der Waals surface area (Å²) in [5.74, 6) is 0. The molecule has 0 radical (unpaired) electrons. The Labute approximate surface area is 82.7 Å². The van der Waals surface area contributed by atoms with Gasteiger partial charge < -0.3 is 14.7 Å². The van der Waals surface area contributed by atoms with E-state index in [9.17, 15) is 5.21 Å². The van der Waals surface area contributed by atoms with Crippen molar-refractivity contribution in [3.05, 3.63) is 35.3 Å². The maximum absolute atomic E-state index is 11.2. The van der Waals surface area contributed by atoms with Crippen molar-refractivity contribution < 1.29 is 14.2 Å². The van der Waals surface area contributed by atoms with Crippen LogP contribution in [-0.4, -0.2) is 19.3 Å². The highest BCUT2D eigenvalue weighted by molar-refractivity contribution is 4.96. The lowest BCUT2D eigenvalue weighted by atomic mass is 10.3. The summed E-state index contributed by atoms with van der Waals surface area (Å²) in [7, 11) is 0. The van der Waals surface area contributed by atoms with Gasteiger partial charge in [0.2, 0.25) is 5.69 Å². The Morgan fingerprint density at radius 1 is 1.57 bits per heavy atom. The normalized spacial score (nSPS) is 21.3. The lowest BCUT2D eigenvalue weighted by Gasteiger charge is -2.09. The Kier molecular flexibility index (Phi) is 2.96. The lowest BCUT2D eigenvalue weighted by molar-refractivity contribution is -0.616. The minimum atomic E-state index is 0.148. The SMILES string of the molecule is [O-][n+]1ccccc1CO[C@H]1CCOC1.